The SMILES string of the molecule is Cc1cc(SCC(=O)NCCC(=O)N2CCCC2)c(C)cc1Br. The van der Waals surface area contributed by atoms with Crippen molar-refractivity contribution in [3.8, 4) is 0 Å². The maximum Gasteiger partial charge on any atom is 0.230 e. The topological polar surface area (TPSA) is 49.4 Å². The highest BCUT2D eigenvalue weighted by Gasteiger charge is 2.17. The van der Waals surface area contributed by atoms with E-state index >= 15 is 0 Å². The average molecular weight is 399 g/mol. The molecule has 1 aromatic carbocycles. The zero-order valence-electron chi connectivity index (χ0n) is 13.7. The first-order chi connectivity index (χ1) is 11.0. The molecule has 0 unspecified atom stereocenters. The maximum atomic E-state index is 11.9. The third-order valence-corrected chi connectivity index (χ3v) is 5.95. The number of carbonyl (C=O) groups excluding carboxylic acids is 2. The minimum atomic E-state index is -0.0239. The molecule has 1 heterocycles. The first-order valence-corrected chi connectivity index (χ1v) is 9.69. The highest BCUT2D eigenvalue weighted by atomic mass is 79.9. The van der Waals surface area contributed by atoms with Gasteiger partial charge in [0.25, 0.3) is 0 Å². The number of hydrogen-bond donors (Lipinski definition) is 1. The third kappa shape index (κ3) is 5.53. The second kappa shape index (κ2) is 8.73. The minimum absolute atomic E-state index is 0.0239. The van der Waals surface area contributed by atoms with Gasteiger partial charge in [0.1, 0.15) is 0 Å². The zero-order valence-corrected chi connectivity index (χ0v) is 16.1. The molecule has 0 aromatic heterocycles. The highest BCUT2D eigenvalue weighted by molar-refractivity contribution is 9.10. The number of halogens is 1. The van der Waals surface area contributed by atoms with Gasteiger partial charge in [-0.25, -0.2) is 0 Å². The van der Waals surface area contributed by atoms with Crippen molar-refractivity contribution in [3.05, 3.63) is 27.7 Å². The van der Waals surface area contributed by atoms with Crippen molar-refractivity contribution >= 4 is 39.5 Å². The summed E-state index contributed by atoms with van der Waals surface area (Å²) in [5, 5.41) is 2.84. The van der Waals surface area contributed by atoms with Crippen molar-refractivity contribution in [1.82, 2.24) is 10.2 Å². The van der Waals surface area contributed by atoms with E-state index in [-0.39, 0.29) is 11.8 Å². The van der Waals surface area contributed by atoms with Crippen LogP contribution in [0.3, 0.4) is 0 Å². The van der Waals surface area contributed by atoms with Crippen molar-refractivity contribution in [1.29, 1.82) is 0 Å². The van der Waals surface area contributed by atoms with E-state index in [2.05, 4.69) is 33.4 Å². The van der Waals surface area contributed by atoms with Gasteiger partial charge >= 0.3 is 0 Å². The second-order valence-corrected chi connectivity index (χ2v) is 7.71. The Labute approximate surface area is 150 Å². The number of aryl methyl sites for hydroxylation is 2. The van der Waals surface area contributed by atoms with Gasteiger partial charge in [-0.2, -0.15) is 0 Å². The number of likely N-dealkylation sites (tertiary alicyclic amines) is 1. The van der Waals surface area contributed by atoms with Gasteiger partial charge in [0.2, 0.25) is 11.8 Å². The normalized spacial score (nSPS) is 14.1. The summed E-state index contributed by atoms with van der Waals surface area (Å²) in [5.74, 6) is 0.499. The maximum absolute atomic E-state index is 11.9. The highest BCUT2D eigenvalue weighted by Crippen LogP contribution is 2.28. The fraction of sp³-hybridized carbons (Fsp3) is 0.529. The lowest BCUT2D eigenvalue weighted by Crippen LogP contribution is -2.33. The molecule has 0 radical (unpaired) electrons. The molecule has 0 spiro atoms. The molecular formula is C17H23BrN2O2S. The molecule has 0 bridgehead atoms. The summed E-state index contributed by atoms with van der Waals surface area (Å²) in [6, 6.07) is 4.17. The van der Waals surface area contributed by atoms with Crippen LogP contribution in [0.4, 0.5) is 0 Å². The Bertz CT molecular complexity index is 586. The minimum Gasteiger partial charge on any atom is -0.355 e. The van der Waals surface area contributed by atoms with Gasteiger partial charge in [-0.15, -0.1) is 11.8 Å². The van der Waals surface area contributed by atoms with Gasteiger partial charge in [-0.3, -0.25) is 9.59 Å². The lowest BCUT2D eigenvalue weighted by molar-refractivity contribution is -0.130. The van der Waals surface area contributed by atoms with Crippen molar-refractivity contribution in [2.45, 2.75) is 38.0 Å². The molecule has 1 fully saturated rings. The van der Waals surface area contributed by atoms with E-state index in [4.69, 9.17) is 0 Å². The molecule has 4 nitrogen and oxygen atoms in total. The van der Waals surface area contributed by atoms with Crippen LogP contribution in [0.5, 0.6) is 0 Å². The van der Waals surface area contributed by atoms with E-state index in [1.54, 1.807) is 0 Å². The second-order valence-electron chi connectivity index (χ2n) is 5.84. The number of carbonyl (C=O) groups is 2. The molecule has 0 atom stereocenters. The van der Waals surface area contributed by atoms with Gasteiger partial charge in [0.05, 0.1) is 5.75 Å². The molecule has 2 rings (SSSR count). The predicted molar refractivity (Wildman–Crippen MR) is 97.8 cm³/mol. The van der Waals surface area contributed by atoms with Crippen LogP contribution in [0.1, 0.15) is 30.4 Å². The average Bonchev–Trinajstić information content (AvgIpc) is 3.04. The third-order valence-electron chi connectivity index (χ3n) is 3.93. The molecule has 0 aliphatic carbocycles. The van der Waals surface area contributed by atoms with E-state index in [1.165, 1.54) is 11.8 Å². The fourth-order valence-electron chi connectivity index (χ4n) is 2.54. The summed E-state index contributed by atoms with van der Waals surface area (Å²) < 4.78 is 1.09. The van der Waals surface area contributed by atoms with Crippen molar-refractivity contribution in [3.63, 3.8) is 0 Å². The Balaban J connectivity index is 1.71. The van der Waals surface area contributed by atoms with E-state index < -0.39 is 0 Å². The van der Waals surface area contributed by atoms with Crippen LogP contribution in [0, 0.1) is 13.8 Å². The van der Waals surface area contributed by atoms with Crippen LogP contribution in [0.2, 0.25) is 0 Å². The molecule has 1 aliphatic heterocycles. The van der Waals surface area contributed by atoms with E-state index in [0.29, 0.717) is 18.7 Å². The quantitative estimate of drug-likeness (QED) is 0.747. The molecule has 23 heavy (non-hydrogen) atoms. The van der Waals surface area contributed by atoms with Crippen LogP contribution < -0.4 is 5.32 Å². The number of hydrogen-bond acceptors (Lipinski definition) is 3. The zero-order chi connectivity index (χ0) is 16.8. The Kier molecular flexibility index (Phi) is 6.96. The van der Waals surface area contributed by atoms with Crippen LogP contribution in [0.25, 0.3) is 0 Å². The predicted octanol–water partition coefficient (Wildman–Crippen LogP) is 3.29. The molecule has 1 aliphatic rings. The smallest absolute Gasteiger partial charge is 0.230 e. The number of nitrogens with zero attached hydrogens (tertiary/aromatic N) is 1. The molecule has 1 saturated heterocycles. The van der Waals surface area contributed by atoms with Crippen LogP contribution >= 0.6 is 27.7 Å². The fourth-order valence-corrected chi connectivity index (χ4v) is 3.93. The largest absolute Gasteiger partial charge is 0.355 e. The lowest BCUT2D eigenvalue weighted by atomic mass is 10.2. The number of rotatable bonds is 6. The summed E-state index contributed by atoms with van der Waals surface area (Å²) in [6.45, 7) is 6.24. The van der Waals surface area contributed by atoms with E-state index in [9.17, 15) is 9.59 Å². The summed E-state index contributed by atoms with van der Waals surface area (Å²) in [4.78, 5) is 26.8. The molecule has 0 saturated carbocycles. The van der Waals surface area contributed by atoms with E-state index in [0.717, 1.165) is 46.4 Å². The van der Waals surface area contributed by atoms with Crippen molar-refractivity contribution < 1.29 is 9.59 Å². The van der Waals surface area contributed by atoms with Crippen LogP contribution in [-0.4, -0.2) is 42.1 Å². The number of amides is 2. The monoisotopic (exact) mass is 398 g/mol. The van der Waals surface area contributed by atoms with Crippen LogP contribution in [0.15, 0.2) is 21.5 Å². The van der Waals surface area contributed by atoms with Crippen molar-refractivity contribution in [2.75, 3.05) is 25.4 Å². The standard InChI is InChI=1S/C17H23BrN2O2S/c1-12-10-15(13(2)9-14(12)18)23-11-16(21)19-6-5-17(22)20-7-3-4-8-20/h9-10H,3-8,11H2,1-2H3,(H,19,21). The Hall–Kier alpha value is -1.01. The Morgan fingerprint density at radius 1 is 1.22 bits per heavy atom. The van der Waals surface area contributed by atoms with Gasteiger partial charge in [-0.05, 0) is 49.9 Å². The Morgan fingerprint density at radius 2 is 1.91 bits per heavy atom. The summed E-state index contributed by atoms with van der Waals surface area (Å²) in [6.07, 6.45) is 2.59. The molecule has 2 amide bonds. The van der Waals surface area contributed by atoms with Crippen molar-refractivity contribution in [2.24, 2.45) is 0 Å². The van der Waals surface area contributed by atoms with Gasteiger partial charge in [-0.1, -0.05) is 15.9 Å². The summed E-state index contributed by atoms with van der Waals surface area (Å²) in [7, 11) is 0. The van der Waals surface area contributed by atoms with Gasteiger partial charge in [0, 0.05) is 35.4 Å². The van der Waals surface area contributed by atoms with E-state index in [1.807, 2.05) is 18.7 Å². The Morgan fingerprint density at radius 3 is 2.61 bits per heavy atom. The molecule has 6 heteroatoms. The first-order valence-electron chi connectivity index (χ1n) is 7.91. The molecule has 1 aromatic rings. The van der Waals surface area contributed by atoms with Gasteiger partial charge < -0.3 is 10.2 Å². The number of benzene rings is 1. The molecule has 1 N–H and O–H groups in total. The number of nitrogens with one attached hydrogen (secondary N) is 1. The lowest BCUT2D eigenvalue weighted by Gasteiger charge is -2.15. The summed E-state index contributed by atoms with van der Waals surface area (Å²) in [5.41, 5.74) is 2.32. The summed E-state index contributed by atoms with van der Waals surface area (Å²) >= 11 is 5.05. The number of thioether (sulfide) groups is 1. The first kappa shape index (κ1) is 18.3. The molecular weight excluding hydrogens is 376 g/mol. The van der Waals surface area contributed by atoms with Gasteiger partial charge in [0.15, 0.2) is 0 Å². The molecule has 126 valence electrons. The van der Waals surface area contributed by atoms with Crippen LogP contribution in [-0.2, 0) is 9.59 Å².